The van der Waals surface area contributed by atoms with Gasteiger partial charge in [0.1, 0.15) is 23.1 Å². The topological polar surface area (TPSA) is 89.8 Å². The Morgan fingerprint density at radius 2 is 1.81 bits per heavy atom. The molecule has 3 rings (SSSR count). The minimum absolute atomic E-state index is 0.0415. The largest absolute Gasteiger partial charge is 0.495 e. The number of amides is 1. The van der Waals surface area contributed by atoms with E-state index in [2.05, 4.69) is 47.4 Å². The second-order valence-corrected chi connectivity index (χ2v) is 22.2. The van der Waals surface area contributed by atoms with Gasteiger partial charge in [-0.05, 0) is 79.1 Å². The summed E-state index contributed by atoms with van der Waals surface area (Å²) >= 11 is 3.06. The molecule has 9 nitrogen and oxygen atoms in total. The maximum atomic E-state index is 13.5. The molecule has 0 aliphatic heterocycles. The number of rotatable bonds is 11. The average Bonchev–Trinajstić information content (AvgIpc) is 3.28. The first-order valence-electron chi connectivity index (χ1n) is 14.4. The molecule has 1 amide bonds. The van der Waals surface area contributed by atoms with Crippen LogP contribution < -0.4 is 9.64 Å². The molecule has 0 fully saturated rings. The van der Waals surface area contributed by atoms with Crippen LogP contribution in [0.3, 0.4) is 0 Å². The summed E-state index contributed by atoms with van der Waals surface area (Å²) in [6.45, 7) is 11.4. The van der Waals surface area contributed by atoms with Gasteiger partial charge >= 0.3 is 11.6 Å². The predicted molar refractivity (Wildman–Crippen MR) is 184 cm³/mol. The van der Waals surface area contributed by atoms with Crippen LogP contribution >= 0.6 is 27.7 Å². The Hall–Kier alpha value is -2.68. The van der Waals surface area contributed by atoms with Gasteiger partial charge in [0.2, 0.25) is 10.0 Å². The summed E-state index contributed by atoms with van der Waals surface area (Å²) in [7, 11) is -2.70. The predicted octanol–water partition coefficient (Wildman–Crippen LogP) is 8.05. The maximum Gasteiger partial charge on any atom is 0.447 e. The molecule has 2 heterocycles. The Labute approximate surface area is 287 Å². The number of fused-ring (bicyclic) bond motifs is 1. The Morgan fingerprint density at radius 3 is 2.40 bits per heavy atom. The molecule has 0 saturated heterocycles. The summed E-state index contributed by atoms with van der Waals surface area (Å²) in [5, 5.41) is -0.147. The van der Waals surface area contributed by atoms with Crippen LogP contribution in [-0.2, 0) is 19.5 Å². The molecule has 47 heavy (non-hydrogen) atoms. The van der Waals surface area contributed by atoms with Crippen LogP contribution in [0, 0.1) is 11.8 Å². The lowest BCUT2D eigenvalue weighted by Crippen LogP contribution is -2.37. The van der Waals surface area contributed by atoms with Gasteiger partial charge in [-0.1, -0.05) is 31.5 Å². The van der Waals surface area contributed by atoms with Crippen molar-refractivity contribution in [3.8, 4) is 17.6 Å². The van der Waals surface area contributed by atoms with Crippen molar-refractivity contribution in [1.82, 2.24) is 8.71 Å². The molecule has 0 N–H and O–H groups in total. The Kier molecular flexibility index (Phi) is 12.6. The van der Waals surface area contributed by atoms with Crippen LogP contribution in [0.1, 0.15) is 26.3 Å². The molecule has 0 radical (unpaired) electrons. The Bertz CT molecular complexity index is 1760. The third-order valence-corrected chi connectivity index (χ3v) is 11.4. The highest BCUT2D eigenvalue weighted by Gasteiger charge is 2.33. The van der Waals surface area contributed by atoms with Crippen LogP contribution in [0.25, 0.3) is 5.52 Å². The van der Waals surface area contributed by atoms with E-state index in [1.807, 2.05) is 0 Å². The van der Waals surface area contributed by atoms with Crippen molar-refractivity contribution in [3.05, 3.63) is 52.6 Å². The number of pyridine rings is 1. The SMILES string of the molecule is COc1ccc(S(=O)(=O)N(C)COCC[Si](C)(C)C)cc1N(CC#Cc1cc2c(Br)cccn2c1SC(F)(F)F)C(=O)OC(C)(C)C. The zero-order chi connectivity index (χ0) is 35.4. The number of hydrogen-bond donors (Lipinski definition) is 0. The highest BCUT2D eigenvalue weighted by molar-refractivity contribution is 9.10. The number of nitrogens with zero attached hydrogens (tertiary/aromatic N) is 3. The van der Waals surface area contributed by atoms with Crippen molar-refractivity contribution in [2.24, 2.45) is 0 Å². The third-order valence-electron chi connectivity index (χ3n) is 6.42. The molecule has 0 spiro atoms. The average molecular weight is 779 g/mol. The molecule has 3 aromatic rings. The van der Waals surface area contributed by atoms with Crippen LogP contribution in [0.2, 0.25) is 25.7 Å². The number of ether oxygens (including phenoxy) is 3. The fourth-order valence-electron chi connectivity index (χ4n) is 4.08. The minimum atomic E-state index is -4.58. The first-order chi connectivity index (χ1) is 21.6. The molecule has 258 valence electrons. The number of carbonyl (C=O) groups is 1. The van der Waals surface area contributed by atoms with Crippen molar-refractivity contribution in [2.45, 2.75) is 67.5 Å². The zero-order valence-electron chi connectivity index (χ0n) is 27.5. The molecular formula is C31H39BrF3N3O6S2Si. The normalized spacial score (nSPS) is 12.6. The van der Waals surface area contributed by atoms with Crippen molar-refractivity contribution < 1.29 is 40.6 Å². The van der Waals surface area contributed by atoms with Gasteiger partial charge in [0.15, 0.2) is 0 Å². The Morgan fingerprint density at radius 1 is 1.13 bits per heavy atom. The molecule has 16 heteroatoms. The van der Waals surface area contributed by atoms with Crippen molar-refractivity contribution in [3.63, 3.8) is 0 Å². The molecular weight excluding hydrogens is 739 g/mol. The number of alkyl halides is 3. The fourth-order valence-corrected chi connectivity index (χ4v) is 7.07. The minimum Gasteiger partial charge on any atom is -0.495 e. The van der Waals surface area contributed by atoms with Gasteiger partial charge in [0.05, 0.1) is 35.3 Å². The van der Waals surface area contributed by atoms with E-state index in [0.29, 0.717) is 16.6 Å². The third kappa shape index (κ3) is 10.9. The molecule has 0 atom stereocenters. The number of halogens is 4. The van der Waals surface area contributed by atoms with Crippen molar-refractivity contribution >= 4 is 63.1 Å². The number of thioether (sulfide) groups is 1. The number of carbonyl (C=O) groups excluding carboxylic acids is 1. The molecule has 1 aromatic carbocycles. The maximum absolute atomic E-state index is 13.5. The number of hydrogen-bond acceptors (Lipinski definition) is 7. The summed E-state index contributed by atoms with van der Waals surface area (Å²) < 4.78 is 87.3. The van der Waals surface area contributed by atoms with Gasteiger partial charge in [0.25, 0.3) is 0 Å². The summed E-state index contributed by atoms with van der Waals surface area (Å²) in [4.78, 5) is 14.4. The van der Waals surface area contributed by atoms with Crippen molar-refractivity contribution in [2.75, 3.05) is 38.9 Å². The summed E-state index contributed by atoms with van der Waals surface area (Å²) in [6, 6.07) is 9.70. The molecule has 2 aromatic heterocycles. The van der Waals surface area contributed by atoms with Crippen LogP contribution in [0.4, 0.5) is 23.7 Å². The summed E-state index contributed by atoms with van der Waals surface area (Å²) in [5.74, 6) is 5.70. The van der Waals surface area contributed by atoms with E-state index in [1.54, 1.807) is 32.9 Å². The van der Waals surface area contributed by atoms with Gasteiger partial charge in [-0.3, -0.25) is 4.90 Å². The van der Waals surface area contributed by atoms with Crippen LogP contribution in [-0.4, -0.2) is 76.4 Å². The summed E-state index contributed by atoms with van der Waals surface area (Å²) in [5.41, 5.74) is -4.92. The van der Waals surface area contributed by atoms with E-state index in [4.69, 9.17) is 14.2 Å². The van der Waals surface area contributed by atoms with Crippen LogP contribution in [0.15, 0.2) is 57.0 Å². The van der Waals surface area contributed by atoms with E-state index < -0.39 is 35.3 Å². The number of methoxy groups -OCH3 is 1. The lowest BCUT2D eigenvalue weighted by Gasteiger charge is -2.27. The number of sulfonamides is 1. The molecule has 0 unspecified atom stereocenters. The highest BCUT2D eigenvalue weighted by atomic mass is 79.9. The molecule has 0 aliphatic rings. The molecule has 0 bridgehead atoms. The van der Waals surface area contributed by atoms with E-state index in [0.717, 1.165) is 15.2 Å². The van der Waals surface area contributed by atoms with E-state index in [9.17, 15) is 26.4 Å². The first kappa shape index (κ1) is 38.8. The quantitative estimate of drug-likeness (QED) is 0.0640. The second-order valence-electron chi connectivity index (χ2n) is 12.7. The number of anilines is 1. The van der Waals surface area contributed by atoms with E-state index in [-0.39, 0.29) is 52.0 Å². The van der Waals surface area contributed by atoms with Gasteiger partial charge in [-0.2, -0.15) is 17.5 Å². The van der Waals surface area contributed by atoms with Gasteiger partial charge < -0.3 is 18.6 Å². The molecule has 0 aliphatic carbocycles. The van der Waals surface area contributed by atoms with E-state index in [1.165, 1.54) is 49.0 Å². The van der Waals surface area contributed by atoms with Gasteiger partial charge in [-0.15, -0.1) is 0 Å². The molecule has 0 saturated carbocycles. The lowest BCUT2D eigenvalue weighted by molar-refractivity contribution is -0.0330. The van der Waals surface area contributed by atoms with Crippen LogP contribution in [0.5, 0.6) is 5.75 Å². The summed E-state index contributed by atoms with van der Waals surface area (Å²) in [6.07, 6.45) is 0.634. The second kappa shape index (κ2) is 15.3. The van der Waals surface area contributed by atoms with E-state index >= 15 is 0 Å². The smallest absolute Gasteiger partial charge is 0.447 e. The van der Waals surface area contributed by atoms with Gasteiger partial charge in [-0.25, -0.2) is 13.2 Å². The first-order valence-corrected chi connectivity index (χ1v) is 21.2. The number of aromatic nitrogens is 1. The Balaban J connectivity index is 2.04. The highest BCUT2D eigenvalue weighted by Crippen LogP contribution is 2.40. The monoisotopic (exact) mass is 777 g/mol. The number of benzene rings is 1. The zero-order valence-corrected chi connectivity index (χ0v) is 31.7. The van der Waals surface area contributed by atoms with Gasteiger partial charge in [0, 0.05) is 44.2 Å². The lowest BCUT2D eigenvalue weighted by atomic mass is 10.2. The standard InChI is InChI=1S/C31H39BrF3N3O6S2Si/c1-30(2,3)44-29(39)38(16-9-11-22-19-25-24(32)12-10-15-37(25)28(22)45-31(33,34)35)26-20-23(13-14-27(26)42-5)46(40,41)36(4)21-43-17-18-47(6,7)8/h10,12-15,19-20H,16-18,21H2,1-8H3. The fraction of sp³-hybridized carbons (Fsp3) is 0.452. The van der Waals surface area contributed by atoms with Crippen molar-refractivity contribution in [1.29, 1.82) is 0 Å².